The van der Waals surface area contributed by atoms with Crippen LogP contribution in [-0.2, 0) is 0 Å². The number of hydrogen-bond acceptors (Lipinski definition) is 4. The van der Waals surface area contributed by atoms with Crippen molar-refractivity contribution in [3.63, 3.8) is 0 Å². The van der Waals surface area contributed by atoms with Crippen LogP contribution in [0.4, 0.5) is 0 Å². The van der Waals surface area contributed by atoms with Gasteiger partial charge in [0.2, 0.25) is 0 Å². The molecule has 0 saturated heterocycles. The Hall–Kier alpha value is -10.2. The van der Waals surface area contributed by atoms with Gasteiger partial charge in [-0.05, 0) is 92.7 Å². The zero-order valence-electron chi connectivity index (χ0n) is 40.3. The molecule has 0 radical (unpaired) electrons. The Labute approximate surface area is 429 Å². The highest BCUT2D eigenvalue weighted by molar-refractivity contribution is 6.24. The van der Waals surface area contributed by atoms with E-state index in [0.717, 1.165) is 99.4 Å². The summed E-state index contributed by atoms with van der Waals surface area (Å²) < 4.78 is 11.9. The minimum atomic E-state index is 0.582. The lowest BCUT2D eigenvalue weighted by Gasteiger charge is -2.13. The van der Waals surface area contributed by atoms with Crippen molar-refractivity contribution in [2.24, 2.45) is 0 Å². The van der Waals surface area contributed by atoms with Gasteiger partial charge in [0.05, 0.1) is 27.8 Å². The third kappa shape index (κ3) is 6.36. The maximum Gasteiger partial charge on any atom is 0.166 e. The van der Waals surface area contributed by atoms with Gasteiger partial charge in [-0.15, -0.1) is 0 Å². The largest absolute Gasteiger partial charge is 0.454 e. The van der Waals surface area contributed by atoms with Crippen molar-refractivity contribution in [1.82, 2.24) is 24.1 Å². The van der Waals surface area contributed by atoms with Gasteiger partial charge in [0, 0.05) is 60.1 Å². The van der Waals surface area contributed by atoms with Crippen LogP contribution < -0.4 is 0 Å². The number of para-hydroxylation sites is 4. The molecule has 16 rings (SSSR count). The van der Waals surface area contributed by atoms with Gasteiger partial charge >= 0.3 is 0 Å². The van der Waals surface area contributed by atoms with Gasteiger partial charge in [-0.3, -0.25) is 0 Å². The molecule has 0 amide bonds. The summed E-state index contributed by atoms with van der Waals surface area (Å²) in [6.45, 7) is 0. The van der Waals surface area contributed by atoms with Gasteiger partial charge in [0.1, 0.15) is 5.58 Å². The fraction of sp³-hybridized carbons (Fsp3) is 0. The van der Waals surface area contributed by atoms with E-state index in [1.165, 1.54) is 37.7 Å². The molecule has 0 spiro atoms. The first-order chi connectivity index (χ1) is 37.2. The third-order valence-electron chi connectivity index (χ3n) is 15.3. The monoisotopic (exact) mass is 955 g/mol. The van der Waals surface area contributed by atoms with Crippen LogP contribution in [0, 0.1) is 0 Å². The molecule has 4 aromatic heterocycles. The topological polar surface area (TPSA) is 61.7 Å². The average Bonchev–Trinajstić information content (AvgIpc) is 4.22. The van der Waals surface area contributed by atoms with Crippen molar-refractivity contribution in [2.75, 3.05) is 0 Å². The Bertz CT molecular complexity index is 4990. The highest BCUT2D eigenvalue weighted by Gasteiger charge is 2.23. The van der Waals surface area contributed by atoms with E-state index in [9.17, 15) is 0 Å². The second kappa shape index (κ2) is 16.2. The highest BCUT2D eigenvalue weighted by Crippen LogP contribution is 2.44. The van der Waals surface area contributed by atoms with Gasteiger partial charge in [0.25, 0.3) is 0 Å². The van der Waals surface area contributed by atoms with Crippen LogP contribution in [0.1, 0.15) is 0 Å². The zero-order chi connectivity index (χ0) is 49.1. The Morgan fingerprint density at radius 3 is 1.73 bits per heavy atom. The molecule has 348 valence electrons. The van der Waals surface area contributed by atoms with Crippen molar-refractivity contribution in [1.29, 1.82) is 0 Å². The van der Waals surface area contributed by atoms with Crippen LogP contribution in [0.5, 0.6) is 0 Å². The minimum Gasteiger partial charge on any atom is -0.454 e. The van der Waals surface area contributed by atoms with Crippen molar-refractivity contribution < 1.29 is 4.42 Å². The van der Waals surface area contributed by atoms with Crippen LogP contribution in [0.3, 0.4) is 0 Å². The summed E-state index contributed by atoms with van der Waals surface area (Å²) in [5.74, 6) is 1.77. The lowest BCUT2D eigenvalue weighted by Crippen LogP contribution is -2.02. The van der Waals surface area contributed by atoms with Crippen LogP contribution in [-0.4, -0.2) is 24.1 Å². The van der Waals surface area contributed by atoms with E-state index in [1.807, 2.05) is 6.07 Å². The predicted octanol–water partition coefficient (Wildman–Crippen LogP) is 18.1. The number of aromatic nitrogens is 5. The van der Waals surface area contributed by atoms with E-state index in [0.29, 0.717) is 17.5 Å². The summed E-state index contributed by atoms with van der Waals surface area (Å²) in [7, 11) is 0. The molecule has 6 heteroatoms. The molecular weight excluding hydrogens is 915 g/mol. The summed E-state index contributed by atoms with van der Waals surface area (Å²) in [5.41, 5.74) is 13.1. The molecule has 0 atom stereocenters. The molecule has 0 bridgehead atoms. The molecule has 0 saturated carbocycles. The summed E-state index contributed by atoms with van der Waals surface area (Å²) in [5, 5.41) is 13.7. The maximum atomic E-state index is 7.10. The Morgan fingerprint density at radius 1 is 0.307 bits per heavy atom. The van der Waals surface area contributed by atoms with Crippen LogP contribution in [0.2, 0.25) is 0 Å². The summed E-state index contributed by atoms with van der Waals surface area (Å²) in [6.07, 6.45) is 0. The first-order valence-electron chi connectivity index (χ1n) is 25.4. The number of fused-ring (bicyclic) bond motifs is 14. The first-order valence-corrected chi connectivity index (χ1v) is 25.4. The fourth-order valence-corrected chi connectivity index (χ4v) is 11.9. The van der Waals surface area contributed by atoms with Gasteiger partial charge in [-0.25, -0.2) is 15.0 Å². The van der Waals surface area contributed by atoms with Gasteiger partial charge in [-0.2, -0.15) is 0 Å². The second-order valence-electron chi connectivity index (χ2n) is 19.5. The lowest BCUT2D eigenvalue weighted by atomic mass is 10.0. The Kier molecular flexibility index (Phi) is 8.94. The molecule has 16 aromatic rings. The van der Waals surface area contributed by atoms with Crippen molar-refractivity contribution in [2.45, 2.75) is 0 Å². The number of hydrogen-bond donors (Lipinski definition) is 0. The van der Waals surface area contributed by atoms with Crippen molar-refractivity contribution in [3.05, 3.63) is 249 Å². The SMILES string of the molecule is c1ccc(-c2ccc(-c3nc(-c4ccc5ccc6oc7c(-n8c9cc%10ccccc%10cc9c9ccc%10ccccc%10c98)cccc7c6c5c4)nc(-c4cccc5c6ccccc6n(-c6ccccc6)c45)n3)cc2)cc1. The first kappa shape index (κ1) is 41.4. The van der Waals surface area contributed by atoms with Crippen molar-refractivity contribution in [3.8, 4) is 56.7 Å². The molecule has 0 unspecified atom stereocenters. The van der Waals surface area contributed by atoms with Gasteiger partial charge in [-0.1, -0.05) is 194 Å². The second-order valence-corrected chi connectivity index (χ2v) is 19.5. The molecule has 0 aliphatic rings. The number of benzene rings is 12. The highest BCUT2D eigenvalue weighted by atomic mass is 16.3. The van der Waals surface area contributed by atoms with E-state index in [1.54, 1.807) is 0 Å². The summed E-state index contributed by atoms with van der Waals surface area (Å²) >= 11 is 0. The quantitative estimate of drug-likeness (QED) is 0.167. The van der Waals surface area contributed by atoms with Crippen LogP contribution in [0.25, 0.3) is 155 Å². The average molecular weight is 956 g/mol. The zero-order valence-corrected chi connectivity index (χ0v) is 40.3. The van der Waals surface area contributed by atoms with E-state index >= 15 is 0 Å². The number of rotatable bonds is 6. The molecule has 75 heavy (non-hydrogen) atoms. The van der Waals surface area contributed by atoms with Gasteiger partial charge < -0.3 is 13.6 Å². The van der Waals surface area contributed by atoms with Crippen molar-refractivity contribution >= 4 is 97.9 Å². The van der Waals surface area contributed by atoms with Crippen LogP contribution in [0.15, 0.2) is 253 Å². The molecule has 6 nitrogen and oxygen atoms in total. The predicted molar refractivity (Wildman–Crippen MR) is 310 cm³/mol. The third-order valence-corrected chi connectivity index (χ3v) is 15.3. The molecule has 0 fully saturated rings. The fourth-order valence-electron chi connectivity index (χ4n) is 11.9. The molecule has 0 N–H and O–H groups in total. The molecule has 4 heterocycles. The van der Waals surface area contributed by atoms with E-state index in [4.69, 9.17) is 19.4 Å². The Balaban J connectivity index is 0.926. The normalized spacial score (nSPS) is 12.0. The van der Waals surface area contributed by atoms with Gasteiger partial charge in [0.15, 0.2) is 23.1 Å². The molecule has 0 aliphatic heterocycles. The van der Waals surface area contributed by atoms with E-state index in [-0.39, 0.29) is 0 Å². The molecule has 12 aromatic carbocycles. The number of furan rings is 1. The lowest BCUT2D eigenvalue weighted by molar-refractivity contribution is 0.666. The maximum absolute atomic E-state index is 7.10. The van der Waals surface area contributed by atoms with Crippen LogP contribution >= 0.6 is 0 Å². The molecular formula is C69H41N5O. The summed E-state index contributed by atoms with van der Waals surface area (Å²) in [4.78, 5) is 16.1. The number of nitrogens with zero attached hydrogens (tertiary/aromatic N) is 5. The minimum absolute atomic E-state index is 0.582. The molecule has 0 aliphatic carbocycles. The smallest absolute Gasteiger partial charge is 0.166 e. The summed E-state index contributed by atoms with van der Waals surface area (Å²) in [6, 6.07) is 88.5. The van der Waals surface area contributed by atoms with E-state index < -0.39 is 0 Å². The Morgan fingerprint density at radius 2 is 0.893 bits per heavy atom. The standard InChI is InChI=1S/C69H41N5O/c1-3-15-42(16-4-1)43-29-32-46(33-30-43)67-70-68(72-69(71-67)56-26-13-24-53-52-23-11-12-27-59(52)73(65(53)56)50-20-5-2-6-21-50)49-34-31-45-36-38-62-63(57(45)40-49)55-25-14-28-60(66(55)75-62)74-61-41-48-19-8-7-18-47(48)39-58(61)54-37-35-44-17-9-10-22-51(44)64(54)74/h1-41H. The van der Waals surface area contributed by atoms with E-state index in [2.05, 4.69) is 252 Å².